The van der Waals surface area contributed by atoms with E-state index in [1.165, 1.54) is 11.1 Å². The number of fused-ring (bicyclic) bond motifs is 1. The van der Waals surface area contributed by atoms with Crippen molar-refractivity contribution in [3.63, 3.8) is 0 Å². The molecule has 0 unspecified atom stereocenters. The van der Waals surface area contributed by atoms with E-state index in [9.17, 15) is 5.11 Å². The Hall–Kier alpha value is -1.06. The molecule has 110 valence electrons. The number of rotatable bonds is 4. The molecule has 1 aliphatic carbocycles. The largest absolute Gasteiger partial charge is 0.487 e. The van der Waals surface area contributed by atoms with Crippen molar-refractivity contribution in [1.82, 2.24) is 5.32 Å². The van der Waals surface area contributed by atoms with E-state index in [2.05, 4.69) is 37.4 Å². The highest BCUT2D eigenvalue weighted by atomic mass is 16.5. The average Bonchev–Trinajstić information content (AvgIpc) is 2.92. The zero-order valence-corrected chi connectivity index (χ0v) is 12.5. The van der Waals surface area contributed by atoms with Gasteiger partial charge in [-0.1, -0.05) is 31.0 Å². The van der Waals surface area contributed by atoms with Crippen LogP contribution < -0.4 is 10.1 Å². The van der Waals surface area contributed by atoms with Crippen LogP contribution in [0.1, 0.15) is 50.7 Å². The maximum absolute atomic E-state index is 10.4. The molecule has 3 nitrogen and oxygen atoms in total. The molecule has 2 aliphatic rings. The Balaban J connectivity index is 1.63. The number of hydrogen-bond donors (Lipinski definition) is 2. The highest BCUT2D eigenvalue weighted by molar-refractivity contribution is 5.45. The highest BCUT2D eigenvalue weighted by Gasteiger charge is 2.32. The van der Waals surface area contributed by atoms with E-state index in [1.807, 2.05) is 0 Å². The molecule has 1 aromatic carbocycles. The number of benzene rings is 1. The second-order valence-electron chi connectivity index (χ2n) is 6.98. The summed E-state index contributed by atoms with van der Waals surface area (Å²) >= 11 is 0. The number of para-hydroxylation sites is 1. The normalized spacial score (nSPS) is 22.6. The maximum Gasteiger partial charge on any atom is 0.127 e. The Morgan fingerprint density at radius 3 is 2.75 bits per heavy atom. The summed E-state index contributed by atoms with van der Waals surface area (Å²) in [4.78, 5) is 0. The van der Waals surface area contributed by atoms with Gasteiger partial charge in [0, 0.05) is 25.1 Å². The van der Waals surface area contributed by atoms with Gasteiger partial charge in [0.25, 0.3) is 0 Å². The lowest BCUT2D eigenvalue weighted by atomic mass is 10.00. The molecule has 0 bridgehead atoms. The Labute approximate surface area is 121 Å². The van der Waals surface area contributed by atoms with E-state index in [4.69, 9.17) is 4.74 Å². The minimum absolute atomic E-state index is 0.0951. The van der Waals surface area contributed by atoms with Crippen molar-refractivity contribution in [1.29, 1.82) is 0 Å². The van der Waals surface area contributed by atoms with Crippen LogP contribution >= 0.6 is 0 Å². The number of hydrogen-bond acceptors (Lipinski definition) is 3. The molecule has 1 saturated carbocycles. The molecule has 0 radical (unpaired) electrons. The topological polar surface area (TPSA) is 41.5 Å². The first-order valence-electron chi connectivity index (χ1n) is 7.70. The third-order valence-corrected chi connectivity index (χ3v) is 4.48. The van der Waals surface area contributed by atoms with E-state index in [1.54, 1.807) is 0 Å². The first kappa shape index (κ1) is 13.9. The molecule has 0 saturated heterocycles. The average molecular weight is 275 g/mol. The molecule has 3 rings (SSSR count). The van der Waals surface area contributed by atoms with Crippen molar-refractivity contribution in [3.8, 4) is 5.75 Å². The third kappa shape index (κ3) is 2.84. The molecule has 3 heteroatoms. The van der Waals surface area contributed by atoms with Crippen molar-refractivity contribution in [2.45, 2.75) is 63.7 Å². The summed E-state index contributed by atoms with van der Waals surface area (Å²) in [6.45, 7) is 5.71. The lowest BCUT2D eigenvalue weighted by molar-refractivity contribution is 0.0473. The van der Waals surface area contributed by atoms with Crippen LogP contribution in [0.2, 0.25) is 0 Å². The van der Waals surface area contributed by atoms with E-state index in [-0.39, 0.29) is 5.60 Å². The summed E-state index contributed by atoms with van der Waals surface area (Å²) < 4.78 is 6.07. The molecule has 1 aliphatic heterocycles. The molecular weight excluding hydrogens is 250 g/mol. The van der Waals surface area contributed by atoms with Crippen LogP contribution in [-0.4, -0.2) is 22.9 Å². The van der Waals surface area contributed by atoms with Crippen LogP contribution in [0.4, 0.5) is 0 Å². The quantitative estimate of drug-likeness (QED) is 0.888. The van der Waals surface area contributed by atoms with Crippen molar-refractivity contribution in [2.75, 3.05) is 6.54 Å². The minimum Gasteiger partial charge on any atom is -0.487 e. The standard InChI is InChI=1S/C17H25NO2/c1-16(2)10-13-6-5-7-14(15(13)20-16)11-18-12-17(19)8-3-4-9-17/h5-7,18-19H,3-4,8-12H2,1-2H3. The van der Waals surface area contributed by atoms with Gasteiger partial charge in [0.1, 0.15) is 11.4 Å². The van der Waals surface area contributed by atoms with Gasteiger partial charge in [-0.15, -0.1) is 0 Å². The van der Waals surface area contributed by atoms with E-state index >= 15 is 0 Å². The Bertz CT molecular complexity index is 490. The van der Waals surface area contributed by atoms with Crippen molar-refractivity contribution < 1.29 is 9.84 Å². The molecule has 0 atom stereocenters. The van der Waals surface area contributed by atoms with Gasteiger partial charge in [-0.25, -0.2) is 0 Å². The van der Waals surface area contributed by atoms with Gasteiger partial charge >= 0.3 is 0 Å². The SMILES string of the molecule is CC1(C)Cc2cccc(CNCC3(O)CCCC3)c2O1. The van der Waals surface area contributed by atoms with Crippen LogP contribution in [0.15, 0.2) is 18.2 Å². The Morgan fingerprint density at radius 1 is 1.25 bits per heavy atom. The van der Waals surface area contributed by atoms with Crippen molar-refractivity contribution in [2.24, 2.45) is 0 Å². The fourth-order valence-electron chi connectivity index (χ4n) is 3.46. The predicted octanol–water partition coefficient (Wildman–Crippen LogP) is 2.79. The van der Waals surface area contributed by atoms with Gasteiger partial charge in [-0.3, -0.25) is 0 Å². The molecular formula is C17H25NO2. The highest BCUT2D eigenvalue weighted by Crippen LogP contribution is 2.37. The molecule has 1 heterocycles. The van der Waals surface area contributed by atoms with Crippen LogP contribution in [0.5, 0.6) is 5.75 Å². The third-order valence-electron chi connectivity index (χ3n) is 4.48. The van der Waals surface area contributed by atoms with Crippen molar-refractivity contribution >= 4 is 0 Å². The summed E-state index contributed by atoms with van der Waals surface area (Å²) in [6, 6.07) is 6.37. The molecule has 1 fully saturated rings. The van der Waals surface area contributed by atoms with Gasteiger partial charge < -0.3 is 15.2 Å². The minimum atomic E-state index is -0.488. The first-order valence-corrected chi connectivity index (χ1v) is 7.70. The first-order chi connectivity index (χ1) is 9.48. The molecule has 20 heavy (non-hydrogen) atoms. The number of nitrogens with one attached hydrogen (secondary N) is 1. The maximum atomic E-state index is 10.4. The second kappa shape index (κ2) is 5.05. The lowest BCUT2D eigenvalue weighted by Gasteiger charge is -2.23. The monoisotopic (exact) mass is 275 g/mol. The van der Waals surface area contributed by atoms with E-state index in [0.717, 1.165) is 44.4 Å². The smallest absolute Gasteiger partial charge is 0.127 e. The molecule has 1 aromatic rings. The van der Waals surface area contributed by atoms with Gasteiger partial charge in [0.15, 0.2) is 0 Å². The zero-order chi connectivity index (χ0) is 14.2. The summed E-state index contributed by atoms with van der Waals surface area (Å²) in [5.74, 6) is 1.04. The van der Waals surface area contributed by atoms with E-state index < -0.39 is 5.60 Å². The Morgan fingerprint density at radius 2 is 2.00 bits per heavy atom. The summed E-state index contributed by atoms with van der Waals surface area (Å²) in [5.41, 5.74) is 1.92. The van der Waals surface area contributed by atoms with Gasteiger partial charge in [-0.2, -0.15) is 0 Å². The second-order valence-corrected chi connectivity index (χ2v) is 6.98. The molecule has 2 N–H and O–H groups in total. The van der Waals surface area contributed by atoms with Crippen molar-refractivity contribution in [3.05, 3.63) is 29.3 Å². The summed E-state index contributed by atoms with van der Waals surface area (Å²) in [7, 11) is 0. The summed E-state index contributed by atoms with van der Waals surface area (Å²) in [5, 5.41) is 13.8. The lowest BCUT2D eigenvalue weighted by Crippen LogP contribution is -2.37. The Kier molecular flexibility index (Phi) is 3.51. The summed E-state index contributed by atoms with van der Waals surface area (Å²) in [6.07, 6.45) is 5.12. The van der Waals surface area contributed by atoms with Crippen LogP contribution in [0.25, 0.3) is 0 Å². The van der Waals surface area contributed by atoms with Crippen LogP contribution in [0.3, 0.4) is 0 Å². The van der Waals surface area contributed by atoms with Crippen LogP contribution in [0, 0.1) is 0 Å². The fraction of sp³-hybridized carbons (Fsp3) is 0.647. The molecule has 0 spiro atoms. The van der Waals surface area contributed by atoms with Gasteiger partial charge in [0.05, 0.1) is 5.60 Å². The molecule has 0 aromatic heterocycles. The van der Waals surface area contributed by atoms with E-state index in [0.29, 0.717) is 6.54 Å². The van der Waals surface area contributed by atoms with Gasteiger partial charge in [0.2, 0.25) is 0 Å². The van der Waals surface area contributed by atoms with Crippen LogP contribution in [-0.2, 0) is 13.0 Å². The zero-order valence-electron chi connectivity index (χ0n) is 12.5. The fourth-order valence-corrected chi connectivity index (χ4v) is 3.46. The molecule has 0 amide bonds. The number of aliphatic hydroxyl groups is 1. The predicted molar refractivity (Wildman–Crippen MR) is 80.0 cm³/mol. The number of ether oxygens (including phenoxy) is 1. The van der Waals surface area contributed by atoms with Gasteiger partial charge in [-0.05, 0) is 32.3 Å².